The molecule has 1 fully saturated rings. The molecule has 6 heterocycles. The zero-order valence-electron chi connectivity index (χ0n) is 16.2. The number of imidazole rings is 1. The van der Waals surface area contributed by atoms with Crippen LogP contribution in [0.4, 0.5) is 5.82 Å². The second-order valence-corrected chi connectivity index (χ2v) is 7.44. The van der Waals surface area contributed by atoms with E-state index in [-0.39, 0.29) is 0 Å². The van der Waals surface area contributed by atoms with Gasteiger partial charge in [-0.2, -0.15) is 5.10 Å². The number of nitrogens with zero attached hydrogens (tertiary/aromatic N) is 7. The predicted octanol–water partition coefficient (Wildman–Crippen LogP) is 3.34. The highest BCUT2D eigenvalue weighted by atomic mass is 15.2. The molecule has 0 amide bonds. The van der Waals surface area contributed by atoms with Crippen molar-refractivity contribution in [1.82, 2.24) is 40.1 Å². The third-order valence-corrected chi connectivity index (χ3v) is 5.53. The van der Waals surface area contributed by atoms with Crippen LogP contribution in [0.15, 0.2) is 43.1 Å². The van der Waals surface area contributed by atoms with Gasteiger partial charge in [0.25, 0.3) is 0 Å². The smallest absolute Gasteiger partial charge is 0.159 e. The van der Waals surface area contributed by atoms with E-state index in [9.17, 15) is 0 Å². The van der Waals surface area contributed by atoms with Crippen LogP contribution >= 0.6 is 0 Å². The zero-order chi connectivity index (χ0) is 19.9. The quantitative estimate of drug-likeness (QED) is 0.480. The maximum atomic E-state index is 4.89. The summed E-state index contributed by atoms with van der Waals surface area (Å²) in [6.45, 7) is 2.04. The lowest BCUT2D eigenvalue weighted by atomic mass is 10.1. The van der Waals surface area contributed by atoms with Gasteiger partial charge in [-0.1, -0.05) is 0 Å². The normalized spacial score (nSPS) is 14.6. The summed E-state index contributed by atoms with van der Waals surface area (Å²) in [7, 11) is 0. The molecule has 9 heteroatoms. The van der Waals surface area contributed by atoms with Crippen molar-refractivity contribution in [1.29, 1.82) is 0 Å². The first kappa shape index (κ1) is 17.0. The monoisotopic (exact) mass is 397 g/mol. The van der Waals surface area contributed by atoms with Gasteiger partial charge in [0, 0.05) is 37.1 Å². The van der Waals surface area contributed by atoms with Crippen molar-refractivity contribution in [3.8, 4) is 22.9 Å². The topological polar surface area (TPSA) is 112 Å². The molecule has 0 unspecified atom stereocenters. The van der Waals surface area contributed by atoms with E-state index in [4.69, 9.17) is 4.98 Å². The number of fused-ring (bicyclic) bond motifs is 2. The molecule has 0 radical (unpaired) electrons. The highest BCUT2D eigenvalue weighted by Crippen LogP contribution is 2.31. The summed E-state index contributed by atoms with van der Waals surface area (Å²) in [6, 6.07) is 3.93. The third-order valence-electron chi connectivity index (χ3n) is 5.53. The van der Waals surface area contributed by atoms with Crippen molar-refractivity contribution < 1.29 is 0 Å². The van der Waals surface area contributed by atoms with Crippen LogP contribution in [0.3, 0.4) is 0 Å². The van der Waals surface area contributed by atoms with Crippen LogP contribution in [0.5, 0.6) is 0 Å². The summed E-state index contributed by atoms with van der Waals surface area (Å²) < 4.78 is 0. The molecule has 1 saturated heterocycles. The van der Waals surface area contributed by atoms with Crippen LogP contribution in [0.1, 0.15) is 19.3 Å². The highest BCUT2D eigenvalue weighted by molar-refractivity contribution is 5.96. The van der Waals surface area contributed by atoms with Gasteiger partial charge >= 0.3 is 0 Å². The number of aromatic nitrogens is 8. The first-order valence-corrected chi connectivity index (χ1v) is 10.1. The Kier molecular flexibility index (Phi) is 3.90. The van der Waals surface area contributed by atoms with Crippen molar-refractivity contribution in [2.75, 3.05) is 18.0 Å². The number of hydrogen-bond donors (Lipinski definition) is 2. The molecular formula is C21H19N9. The minimum absolute atomic E-state index is 0.707. The van der Waals surface area contributed by atoms with Gasteiger partial charge in [0.05, 0.1) is 29.1 Å². The van der Waals surface area contributed by atoms with E-state index in [1.54, 1.807) is 24.8 Å². The fraction of sp³-hybridized carbons (Fsp3) is 0.238. The van der Waals surface area contributed by atoms with Gasteiger partial charge in [-0.15, -0.1) is 0 Å². The molecule has 1 aliphatic heterocycles. The fourth-order valence-electron chi connectivity index (χ4n) is 4.04. The maximum Gasteiger partial charge on any atom is 0.159 e. The van der Waals surface area contributed by atoms with E-state index in [1.165, 1.54) is 19.3 Å². The molecule has 9 nitrogen and oxygen atoms in total. The minimum Gasteiger partial charge on any atom is -0.355 e. The van der Waals surface area contributed by atoms with Crippen LogP contribution in [0.2, 0.25) is 0 Å². The van der Waals surface area contributed by atoms with Gasteiger partial charge in [-0.25, -0.2) is 9.97 Å². The Morgan fingerprint density at radius 1 is 0.867 bits per heavy atom. The number of rotatable bonds is 3. The van der Waals surface area contributed by atoms with Crippen molar-refractivity contribution in [3.05, 3.63) is 43.1 Å². The Hall–Kier alpha value is -3.88. The molecule has 0 spiro atoms. The molecule has 0 bridgehead atoms. The van der Waals surface area contributed by atoms with Crippen molar-refractivity contribution >= 4 is 27.8 Å². The Labute approximate surface area is 171 Å². The molecule has 1 aliphatic rings. The molecule has 148 valence electrons. The molecule has 0 saturated carbocycles. The van der Waals surface area contributed by atoms with Gasteiger partial charge in [-0.3, -0.25) is 20.1 Å². The SMILES string of the molecule is c1cnc(-c2cc3c(-c4nc5c(N6CCCCC6)nccc5[nH]4)n[nH]c3cn2)cn1. The molecule has 0 aromatic carbocycles. The van der Waals surface area contributed by atoms with Crippen LogP contribution < -0.4 is 4.90 Å². The minimum atomic E-state index is 0.707. The Balaban J connectivity index is 1.47. The number of aromatic amines is 2. The van der Waals surface area contributed by atoms with E-state index < -0.39 is 0 Å². The average molecular weight is 397 g/mol. The van der Waals surface area contributed by atoms with E-state index in [0.29, 0.717) is 11.5 Å². The summed E-state index contributed by atoms with van der Waals surface area (Å²) in [5, 5.41) is 8.49. The number of H-pyrrole nitrogens is 2. The van der Waals surface area contributed by atoms with Crippen molar-refractivity contribution in [2.45, 2.75) is 19.3 Å². The summed E-state index contributed by atoms with van der Waals surface area (Å²) in [5.41, 5.74) is 4.89. The first-order valence-electron chi connectivity index (χ1n) is 10.1. The summed E-state index contributed by atoms with van der Waals surface area (Å²) >= 11 is 0. The summed E-state index contributed by atoms with van der Waals surface area (Å²) in [5.74, 6) is 1.65. The Morgan fingerprint density at radius 2 is 1.80 bits per heavy atom. The third kappa shape index (κ3) is 2.78. The second-order valence-electron chi connectivity index (χ2n) is 7.44. The maximum absolute atomic E-state index is 4.89. The van der Waals surface area contributed by atoms with Gasteiger partial charge in [0.1, 0.15) is 16.9 Å². The Morgan fingerprint density at radius 3 is 2.67 bits per heavy atom. The molecule has 2 N–H and O–H groups in total. The largest absolute Gasteiger partial charge is 0.355 e. The number of nitrogens with one attached hydrogen (secondary N) is 2. The number of anilines is 1. The Bertz CT molecular complexity index is 1330. The lowest BCUT2D eigenvalue weighted by Gasteiger charge is -2.27. The van der Waals surface area contributed by atoms with Crippen molar-refractivity contribution in [2.24, 2.45) is 0 Å². The molecule has 0 atom stereocenters. The lowest BCUT2D eigenvalue weighted by Crippen LogP contribution is -2.30. The number of pyridine rings is 2. The van der Waals surface area contributed by atoms with Gasteiger partial charge < -0.3 is 9.88 Å². The highest BCUT2D eigenvalue weighted by Gasteiger charge is 2.20. The molecule has 30 heavy (non-hydrogen) atoms. The summed E-state index contributed by atoms with van der Waals surface area (Å²) in [4.78, 5) is 28.2. The number of piperidine rings is 1. The first-order chi connectivity index (χ1) is 14.9. The molecule has 6 rings (SSSR count). The fourth-order valence-corrected chi connectivity index (χ4v) is 4.04. The van der Waals surface area contributed by atoms with Gasteiger partial charge in [0.15, 0.2) is 11.6 Å². The average Bonchev–Trinajstić information content (AvgIpc) is 3.43. The van der Waals surface area contributed by atoms with Gasteiger partial charge in [-0.05, 0) is 31.4 Å². The second kappa shape index (κ2) is 6.87. The van der Waals surface area contributed by atoms with Crippen LogP contribution in [0, 0.1) is 0 Å². The summed E-state index contributed by atoms with van der Waals surface area (Å²) in [6.07, 6.45) is 12.3. The lowest BCUT2D eigenvalue weighted by molar-refractivity contribution is 0.574. The van der Waals surface area contributed by atoms with Crippen LogP contribution in [-0.4, -0.2) is 53.2 Å². The van der Waals surface area contributed by atoms with Crippen molar-refractivity contribution in [3.63, 3.8) is 0 Å². The van der Waals surface area contributed by atoms with Crippen LogP contribution in [-0.2, 0) is 0 Å². The molecule has 5 aromatic heterocycles. The van der Waals surface area contributed by atoms with E-state index in [1.807, 2.05) is 18.3 Å². The van der Waals surface area contributed by atoms with Gasteiger partial charge in [0.2, 0.25) is 0 Å². The predicted molar refractivity (Wildman–Crippen MR) is 114 cm³/mol. The molecule has 0 aliphatic carbocycles. The number of hydrogen-bond acceptors (Lipinski definition) is 7. The zero-order valence-corrected chi connectivity index (χ0v) is 16.2. The van der Waals surface area contributed by atoms with E-state index in [0.717, 1.165) is 52.2 Å². The molecule has 5 aromatic rings. The standard InChI is InChI=1S/C21H19N9/c1-2-8-30(9-3-1)21-19-14(4-5-24-21)26-20(27-19)18-13-10-15(17-11-22-6-7-23-17)25-12-16(13)28-29-18/h4-7,10-12H,1-3,8-9H2,(H,26,27)(H,28,29). The molecular weight excluding hydrogens is 378 g/mol. The van der Waals surface area contributed by atoms with E-state index >= 15 is 0 Å². The van der Waals surface area contributed by atoms with Crippen LogP contribution in [0.25, 0.3) is 44.8 Å². The van der Waals surface area contributed by atoms with E-state index in [2.05, 4.69) is 40.0 Å².